The summed E-state index contributed by atoms with van der Waals surface area (Å²) in [7, 11) is 1.61. The minimum absolute atomic E-state index is 0.153. The number of aromatic nitrogens is 12. The third-order valence-corrected chi connectivity index (χ3v) is 20.2. The van der Waals surface area contributed by atoms with Gasteiger partial charge < -0.3 is 75.5 Å². The van der Waals surface area contributed by atoms with E-state index in [0.29, 0.717) is 123 Å². The molecule has 2 saturated carbocycles. The van der Waals surface area contributed by atoms with Crippen LogP contribution >= 0.6 is 0 Å². The second-order valence-electron chi connectivity index (χ2n) is 28.7. The van der Waals surface area contributed by atoms with Crippen molar-refractivity contribution in [3.05, 3.63) is 229 Å². The van der Waals surface area contributed by atoms with Crippen LogP contribution in [0.4, 0.5) is 17.5 Å². The Balaban J connectivity index is 0.000000131. The van der Waals surface area contributed by atoms with Gasteiger partial charge in [-0.1, -0.05) is 98.3 Å². The minimum Gasteiger partial charge on any atom is -0.500 e. The number of imidazole rings is 3. The molecule has 26 heteroatoms. The van der Waals surface area contributed by atoms with Gasteiger partial charge in [-0.3, -0.25) is 9.13 Å². The molecule has 0 atom stereocenters. The first-order valence-corrected chi connectivity index (χ1v) is 38.1. The highest BCUT2D eigenvalue weighted by Gasteiger charge is 2.24. The molecule has 9 heterocycles. The van der Waals surface area contributed by atoms with Gasteiger partial charge in [-0.25, -0.2) is 14.6 Å². The maximum absolute atomic E-state index is 12.7. The number of rotatable bonds is 17. The van der Waals surface area contributed by atoms with Crippen molar-refractivity contribution in [2.75, 3.05) is 50.7 Å². The Morgan fingerprint density at radius 1 is 0.536 bits per heavy atom. The average Bonchev–Trinajstić information content (AvgIpc) is 1.63. The topological polar surface area (TPSA) is 337 Å². The number of nitrogens with one attached hydrogen (secondary N) is 4. The van der Waals surface area contributed by atoms with Crippen LogP contribution in [0.3, 0.4) is 0 Å². The van der Waals surface area contributed by atoms with E-state index in [2.05, 4.69) is 152 Å². The number of methoxy groups -OCH3 is 1. The van der Waals surface area contributed by atoms with Gasteiger partial charge in [0, 0.05) is 19.1 Å². The maximum Gasteiger partial charge on any atom is 0.328 e. The Labute approximate surface area is 636 Å². The number of H-pyrrole nitrogens is 2. The summed E-state index contributed by atoms with van der Waals surface area (Å²) in [5, 5.41) is 6.85. The zero-order valence-electron chi connectivity index (χ0n) is 62.2. The summed E-state index contributed by atoms with van der Waals surface area (Å²) < 4.78 is 46.6. The van der Waals surface area contributed by atoms with Crippen molar-refractivity contribution in [2.24, 2.45) is 5.92 Å². The van der Waals surface area contributed by atoms with Crippen LogP contribution in [0, 0.1) is 12.8 Å². The number of allylic oxidation sites excluding steroid dienone is 1. The lowest BCUT2D eigenvalue weighted by molar-refractivity contribution is 0.281. The van der Waals surface area contributed by atoms with Crippen molar-refractivity contribution in [1.82, 2.24) is 69.2 Å². The summed E-state index contributed by atoms with van der Waals surface area (Å²) in [4.78, 5) is 61.8. The van der Waals surface area contributed by atoms with Gasteiger partial charge in [0.1, 0.15) is 57.1 Å². The van der Waals surface area contributed by atoms with Crippen molar-refractivity contribution < 1.29 is 33.2 Å². The third kappa shape index (κ3) is 18.6. The first-order valence-electron chi connectivity index (χ1n) is 38.1. The van der Waals surface area contributed by atoms with E-state index in [-0.39, 0.29) is 35.0 Å². The summed E-state index contributed by atoms with van der Waals surface area (Å²) in [6.07, 6.45) is 20.9. The van der Waals surface area contributed by atoms with E-state index in [4.69, 9.17) is 50.4 Å². The predicted octanol–water partition coefficient (Wildman–Crippen LogP) is 13.6. The number of anilines is 3. The SMILES string of the molecule is C=C(CNCc1ccc(Oc2ccc3cc2C/C=C/CCOc2nc(N)c4[nH]c(=O)n(c4n2)C3)cc1)OC.Cc1nc2c(N)nc3nc2n1Cc1ccc(Oc2ccc(CNC4CC4)cc2)c(c1)CCCCCO3.Nc1nc2nc3c1[nH]c(=O)n3Cc1ccc(Oc3cccc(CCC4CC4)c3)c(c1)CCCCCO2. The Morgan fingerprint density at radius 2 is 1.06 bits per heavy atom. The first kappa shape index (κ1) is 73.5. The van der Waals surface area contributed by atoms with E-state index in [0.717, 1.165) is 144 Å². The minimum atomic E-state index is -0.312. The Hall–Kier alpha value is -12.0. The van der Waals surface area contributed by atoms with Crippen molar-refractivity contribution in [3.63, 3.8) is 0 Å². The second kappa shape index (κ2) is 34.0. The maximum atomic E-state index is 12.7. The Kier molecular flexibility index (Phi) is 22.7. The van der Waals surface area contributed by atoms with Crippen LogP contribution in [0.15, 0.2) is 161 Å². The molecule has 12 bridgehead atoms. The van der Waals surface area contributed by atoms with Crippen molar-refractivity contribution in [2.45, 2.75) is 148 Å². The van der Waals surface area contributed by atoms with Gasteiger partial charge in [0.25, 0.3) is 0 Å². The molecule has 5 aliphatic rings. The molecule has 2 aliphatic carbocycles. The number of nitrogens with two attached hydrogens (primary N) is 3. The zero-order chi connectivity index (χ0) is 75.5. The van der Waals surface area contributed by atoms with E-state index in [1.807, 2.05) is 61.5 Å². The summed E-state index contributed by atoms with van der Waals surface area (Å²) >= 11 is 0. The summed E-state index contributed by atoms with van der Waals surface area (Å²) in [5.74, 6) is 8.18. The lowest BCUT2D eigenvalue weighted by Crippen LogP contribution is -2.18. The molecule has 2 fully saturated rings. The molecular formula is C84H93N17O9. The van der Waals surface area contributed by atoms with Gasteiger partial charge in [0.05, 0.1) is 53.1 Å². The van der Waals surface area contributed by atoms with Gasteiger partial charge in [0.15, 0.2) is 39.9 Å². The van der Waals surface area contributed by atoms with Crippen LogP contribution in [-0.2, 0) is 63.1 Å². The van der Waals surface area contributed by atoms with Crippen LogP contribution in [0.5, 0.6) is 52.5 Å². The van der Waals surface area contributed by atoms with Crippen LogP contribution in [0.25, 0.3) is 33.5 Å². The van der Waals surface area contributed by atoms with Crippen molar-refractivity contribution in [1.29, 1.82) is 0 Å². The molecule has 17 rings (SSSR count). The fourth-order valence-electron chi connectivity index (χ4n) is 13.7. The summed E-state index contributed by atoms with van der Waals surface area (Å²) in [6.45, 7) is 10.7. The number of ether oxygens (including phenoxy) is 7. The molecule has 6 aromatic carbocycles. The van der Waals surface area contributed by atoms with Crippen LogP contribution < -0.4 is 67.6 Å². The molecule has 568 valence electrons. The van der Waals surface area contributed by atoms with E-state index < -0.39 is 0 Å². The molecule has 0 spiro atoms. The van der Waals surface area contributed by atoms with E-state index >= 15 is 0 Å². The molecule has 6 aromatic heterocycles. The average molecular weight is 1480 g/mol. The molecule has 0 radical (unpaired) electrons. The molecule has 0 amide bonds. The zero-order valence-corrected chi connectivity index (χ0v) is 62.2. The molecule has 0 saturated heterocycles. The first-order chi connectivity index (χ1) is 53.7. The predicted molar refractivity (Wildman–Crippen MR) is 424 cm³/mol. The number of hydrogen-bond donors (Lipinski definition) is 7. The summed E-state index contributed by atoms with van der Waals surface area (Å²) in [5.41, 5.74) is 30.9. The molecule has 3 aliphatic heterocycles. The second-order valence-corrected chi connectivity index (χ2v) is 28.7. The number of aromatic amines is 2. The largest absolute Gasteiger partial charge is 0.500 e. The van der Waals surface area contributed by atoms with Gasteiger partial charge in [0.2, 0.25) is 0 Å². The standard InChI is InChI=1S/C28H30N6O4.C28H32N6O2.C28H31N5O3/c1-18(36-2)15-30-16-19-7-10-22(11-8-19)38-23-12-9-20-14-21(23)6-4-3-5-13-37-27-32-25(29)24-26(33-27)34(17-20)28(35)31-24;1-18-31-25-26(29)32-28-33-27(25)34(18)17-20-8-13-24(21(15-20)5-3-2-4-14-35-28)36-23-11-6-19(7-12-23)16-30-22-9-10-22;29-25-24-26-32-27(31-25)35-14-3-1-2-6-21-15-20(17-33(26)28(34)30-24)12-13-23(21)36-22-7-4-5-19(16-22)11-10-18-8-9-18/h3-4,7-12,14,30H,1,5-6,13,15-17H2,2H3,(H,31,35)(H2,29,32,33);6-8,11-13,15,22,30H,2-5,9-10,14,16-17H2,1H3,(H2,29,32,33);4-5,7,12-13,15-16,18H,1-3,6,8-11,14,17H2,(H,30,34)(H2,29,31,32)/b4-3+;;. The Morgan fingerprint density at radius 3 is 1.64 bits per heavy atom. The molecule has 12 aromatic rings. The molecule has 10 N–H and O–H groups in total. The van der Waals surface area contributed by atoms with Gasteiger partial charge in [-0.2, -0.15) is 29.9 Å². The fraction of sp³-hybridized carbons (Fsp3) is 0.345. The normalized spacial score (nSPS) is 15.3. The van der Waals surface area contributed by atoms with Gasteiger partial charge in [-0.05, 0) is 213 Å². The molecule has 110 heavy (non-hydrogen) atoms. The molecule has 0 unspecified atom stereocenters. The van der Waals surface area contributed by atoms with Crippen molar-refractivity contribution in [3.8, 4) is 52.5 Å². The van der Waals surface area contributed by atoms with Crippen LogP contribution in [0.1, 0.15) is 133 Å². The highest BCUT2D eigenvalue weighted by atomic mass is 16.5. The van der Waals surface area contributed by atoms with E-state index in [1.165, 1.54) is 53.4 Å². The smallest absolute Gasteiger partial charge is 0.328 e. The Bertz CT molecular complexity index is 5430. The third-order valence-electron chi connectivity index (χ3n) is 20.2. The van der Waals surface area contributed by atoms with Crippen LogP contribution in [-0.4, -0.2) is 98.1 Å². The lowest BCUT2D eigenvalue weighted by atomic mass is 10.0. The number of hydrogen-bond acceptors (Lipinski definition) is 21. The summed E-state index contributed by atoms with van der Waals surface area (Å²) in [6, 6.07) is 44.8. The lowest BCUT2D eigenvalue weighted by Gasteiger charge is -2.15. The van der Waals surface area contributed by atoms with E-state index in [1.54, 1.807) is 11.7 Å². The fourth-order valence-corrected chi connectivity index (χ4v) is 13.7. The molecule has 26 nitrogen and oxygen atoms in total. The monoisotopic (exact) mass is 1480 g/mol. The van der Waals surface area contributed by atoms with Crippen LogP contribution in [0.2, 0.25) is 0 Å². The van der Waals surface area contributed by atoms with Gasteiger partial charge in [-0.15, -0.1) is 0 Å². The quantitative estimate of drug-likeness (QED) is 0.0329. The number of nitrogens with zero attached hydrogens (tertiary/aromatic N) is 10. The number of fused-ring (bicyclic) bond motifs is 9. The van der Waals surface area contributed by atoms with E-state index in [9.17, 15) is 9.59 Å². The van der Waals surface area contributed by atoms with Gasteiger partial charge >= 0.3 is 29.4 Å². The highest BCUT2D eigenvalue weighted by molar-refractivity contribution is 5.84. The van der Waals surface area contributed by atoms with Crippen molar-refractivity contribution >= 4 is 50.9 Å². The number of nitrogen functional groups attached to an aromatic ring is 3. The number of aryl methyl sites for hydroxylation is 4. The molecular weight excluding hydrogens is 1390 g/mol. The number of benzene rings is 6. The highest BCUT2D eigenvalue weighted by Crippen LogP contribution is 2.37.